The summed E-state index contributed by atoms with van der Waals surface area (Å²) >= 11 is 0. The van der Waals surface area contributed by atoms with Crippen LogP contribution in [0.25, 0.3) is 11.0 Å². The maximum atomic E-state index is 12.4. The highest BCUT2D eigenvalue weighted by molar-refractivity contribution is 5.75. The maximum Gasteiger partial charge on any atom is 0.320 e. The Morgan fingerprint density at radius 1 is 1.02 bits per heavy atom. The third-order valence-corrected chi connectivity index (χ3v) is 10.2. The van der Waals surface area contributed by atoms with E-state index in [1.807, 2.05) is 6.33 Å². The molecule has 1 aliphatic carbocycles. The molecule has 3 heterocycles. The molecule has 214 valence electrons. The number of aryl methyl sites for hydroxylation is 2. The fourth-order valence-corrected chi connectivity index (χ4v) is 7.60. The molecule has 3 aliphatic rings. The highest BCUT2D eigenvalue weighted by Crippen LogP contribution is 2.38. The number of piperidine rings is 1. The lowest BCUT2D eigenvalue weighted by atomic mass is 9.80. The third-order valence-electron chi connectivity index (χ3n) is 10.2. The second-order valence-electron chi connectivity index (χ2n) is 12.9. The summed E-state index contributed by atoms with van der Waals surface area (Å²) < 4.78 is 2.30. The van der Waals surface area contributed by atoms with Gasteiger partial charge in [-0.25, -0.2) is 4.98 Å². The molecule has 0 radical (unpaired) electrons. The van der Waals surface area contributed by atoms with Crippen molar-refractivity contribution in [3.8, 4) is 0 Å². The predicted octanol–water partition coefficient (Wildman–Crippen LogP) is 6.20. The molecular formula is C34H46N4O2. The first kappa shape index (κ1) is 27.5. The van der Waals surface area contributed by atoms with Crippen molar-refractivity contribution in [2.45, 2.75) is 76.8 Å². The first-order valence-corrected chi connectivity index (χ1v) is 15.7. The molecule has 3 fully saturated rings. The Hall–Kier alpha value is -2.70. The van der Waals surface area contributed by atoms with E-state index in [4.69, 9.17) is 0 Å². The van der Waals surface area contributed by atoms with E-state index in [0.29, 0.717) is 17.8 Å². The minimum atomic E-state index is -0.625. The number of benzene rings is 2. The van der Waals surface area contributed by atoms with Crippen LogP contribution in [0.5, 0.6) is 0 Å². The topological polar surface area (TPSA) is 61.6 Å². The zero-order valence-corrected chi connectivity index (χ0v) is 24.1. The van der Waals surface area contributed by atoms with Crippen LogP contribution in [0, 0.1) is 24.7 Å². The normalized spacial score (nSPS) is 23.9. The summed E-state index contributed by atoms with van der Waals surface area (Å²) in [5, 5.41) is 10.2. The zero-order valence-electron chi connectivity index (χ0n) is 24.1. The van der Waals surface area contributed by atoms with Crippen LogP contribution in [0.15, 0.2) is 54.9 Å². The van der Waals surface area contributed by atoms with Crippen molar-refractivity contribution in [1.29, 1.82) is 0 Å². The number of imidazole rings is 1. The van der Waals surface area contributed by atoms with Gasteiger partial charge in [0, 0.05) is 32.1 Å². The van der Waals surface area contributed by atoms with E-state index in [0.717, 1.165) is 44.0 Å². The Kier molecular flexibility index (Phi) is 8.54. The number of rotatable bonds is 11. The summed E-state index contributed by atoms with van der Waals surface area (Å²) in [6.45, 7) is 8.40. The molecule has 2 aliphatic heterocycles. The van der Waals surface area contributed by atoms with Gasteiger partial charge in [0.05, 0.1) is 17.4 Å². The van der Waals surface area contributed by atoms with Crippen LogP contribution >= 0.6 is 0 Å². The number of nitrogens with zero attached hydrogens (tertiary/aromatic N) is 4. The fraction of sp³-hybridized carbons (Fsp3) is 0.588. The summed E-state index contributed by atoms with van der Waals surface area (Å²) in [6, 6.07) is 17.0. The lowest BCUT2D eigenvalue weighted by Crippen LogP contribution is -2.43. The van der Waals surface area contributed by atoms with Crippen LogP contribution in [-0.2, 0) is 11.3 Å². The van der Waals surface area contributed by atoms with Gasteiger partial charge in [-0.3, -0.25) is 9.69 Å². The van der Waals surface area contributed by atoms with Gasteiger partial charge in [0.1, 0.15) is 6.04 Å². The van der Waals surface area contributed by atoms with Crippen molar-refractivity contribution in [3.63, 3.8) is 0 Å². The summed E-state index contributed by atoms with van der Waals surface area (Å²) in [5.74, 6) is 1.67. The minimum Gasteiger partial charge on any atom is -0.480 e. The van der Waals surface area contributed by atoms with Gasteiger partial charge in [0.25, 0.3) is 0 Å². The van der Waals surface area contributed by atoms with Gasteiger partial charge in [-0.2, -0.15) is 0 Å². The van der Waals surface area contributed by atoms with Crippen LogP contribution in [-0.4, -0.2) is 69.2 Å². The first-order chi connectivity index (χ1) is 19.5. The molecule has 40 heavy (non-hydrogen) atoms. The summed E-state index contributed by atoms with van der Waals surface area (Å²) in [5.41, 5.74) is 5.01. The van der Waals surface area contributed by atoms with Gasteiger partial charge in [0.15, 0.2) is 0 Å². The lowest BCUT2D eigenvalue weighted by Gasteiger charge is -2.35. The average Bonchev–Trinajstić information content (AvgIpc) is 3.53. The largest absolute Gasteiger partial charge is 0.480 e. The Balaban J connectivity index is 1.04. The number of carbonyl (C=O) groups is 1. The maximum absolute atomic E-state index is 12.4. The van der Waals surface area contributed by atoms with Gasteiger partial charge in [-0.1, -0.05) is 61.2 Å². The van der Waals surface area contributed by atoms with Crippen LogP contribution in [0.4, 0.5) is 0 Å². The number of aromatic nitrogens is 2. The summed E-state index contributed by atoms with van der Waals surface area (Å²) in [6.07, 6.45) is 11.5. The SMILES string of the molecule is Cc1cccc([C@H]2CN([C@H](CC3CCC3)C(=O)O)C[C@@H]2CN2CCC(CCCn3cnc4ccccc43)CC2)c1. The number of likely N-dealkylation sites (tertiary alicyclic amines) is 2. The average molecular weight is 543 g/mol. The van der Waals surface area contributed by atoms with Gasteiger partial charge in [0.2, 0.25) is 0 Å². The van der Waals surface area contributed by atoms with Gasteiger partial charge >= 0.3 is 5.97 Å². The highest BCUT2D eigenvalue weighted by atomic mass is 16.4. The van der Waals surface area contributed by atoms with Crippen molar-refractivity contribution in [1.82, 2.24) is 19.4 Å². The molecule has 6 rings (SSSR count). The van der Waals surface area contributed by atoms with Gasteiger partial charge < -0.3 is 14.6 Å². The molecule has 2 aromatic carbocycles. The molecule has 0 bridgehead atoms. The molecule has 6 nitrogen and oxygen atoms in total. The molecule has 3 aromatic rings. The van der Waals surface area contributed by atoms with Crippen LogP contribution < -0.4 is 0 Å². The van der Waals surface area contributed by atoms with Crippen molar-refractivity contribution in [2.75, 3.05) is 32.7 Å². The molecule has 1 saturated carbocycles. The smallest absolute Gasteiger partial charge is 0.320 e. The van der Waals surface area contributed by atoms with Gasteiger partial charge in [-0.05, 0) is 87.6 Å². The van der Waals surface area contributed by atoms with E-state index in [2.05, 4.69) is 74.8 Å². The van der Waals surface area contributed by atoms with Crippen LogP contribution in [0.1, 0.15) is 68.4 Å². The number of carboxylic acid groups (broad SMARTS) is 1. The third kappa shape index (κ3) is 6.28. The van der Waals surface area contributed by atoms with Gasteiger partial charge in [-0.15, -0.1) is 0 Å². The Labute approximate surface area is 239 Å². The molecule has 6 heteroatoms. The number of aliphatic carboxylic acids is 1. The minimum absolute atomic E-state index is 0.332. The van der Waals surface area contributed by atoms with Crippen molar-refractivity contribution in [2.24, 2.45) is 17.8 Å². The van der Waals surface area contributed by atoms with Crippen LogP contribution in [0.3, 0.4) is 0 Å². The van der Waals surface area contributed by atoms with E-state index in [1.54, 1.807) is 0 Å². The summed E-state index contributed by atoms with van der Waals surface area (Å²) in [7, 11) is 0. The number of para-hydroxylation sites is 2. The quantitative estimate of drug-likeness (QED) is 0.313. The van der Waals surface area contributed by atoms with E-state index in [9.17, 15) is 9.90 Å². The Bertz CT molecular complexity index is 1280. The second kappa shape index (κ2) is 12.4. The molecule has 3 atom stereocenters. The highest BCUT2D eigenvalue weighted by Gasteiger charge is 2.41. The van der Waals surface area contributed by atoms with E-state index >= 15 is 0 Å². The molecule has 0 unspecified atom stereocenters. The lowest BCUT2D eigenvalue weighted by molar-refractivity contribution is -0.144. The molecule has 1 aromatic heterocycles. The summed E-state index contributed by atoms with van der Waals surface area (Å²) in [4.78, 5) is 21.9. The molecule has 2 saturated heterocycles. The molecule has 0 spiro atoms. The van der Waals surface area contributed by atoms with E-state index in [-0.39, 0.29) is 6.04 Å². The number of fused-ring (bicyclic) bond motifs is 1. The van der Waals surface area contributed by atoms with Crippen molar-refractivity contribution >= 4 is 17.0 Å². The Morgan fingerprint density at radius 3 is 2.60 bits per heavy atom. The van der Waals surface area contributed by atoms with E-state index < -0.39 is 5.97 Å². The molecule has 1 N–H and O–H groups in total. The Morgan fingerprint density at radius 2 is 1.85 bits per heavy atom. The first-order valence-electron chi connectivity index (χ1n) is 15.7. The number of hydrogen-bond donors (Lipinski definition) is 1. The molecule has 0 amide bonds. The molecular weight excluding hydrogens is 496 g/mol. The number of hydrogen-bond acceptors (Lipinski definition) is 4. The number of carboxylic acids is 1. The zero-order chi connectivity index (χ0) is 27.5. The fourth-order valence-electron chi connectivity index (χ4n) is 7.60. The monoisotopic (exact) mass is 542 g/mol. The van der Waals surface area contributed by atoms with Crippen LogP contribution in [0.2, 0.25) is 0 Å². The standard InChI is InChI=1S/C34H46N4O2/c1-25-7-4-11-28(19-25)30-23-38(33(34(39)40)20-27-8-5-9-27)22-29(30)21-36-17-14-26(15-18-36)10-6-16-37-24-35-31-12-2-3-13-32(31)37/h2-4,7,11-13,19,24,26-27,29-30,33H,5-6,8-10,14-18,20-23H2,1H3,(H,39,40)/t29-,30+,33+/m0/s1. The van der Waals surface area contributed by atoms with Crippen molar-refractivity contribution in [3.05, 3.63) is 66.0 Å². The second-order valence-corrected chi connectivity index (χ2v) is 12.9. The van der Waals surface area contributed by atoms with Crippen molar-refractivity contribution < 1.29 is 9.90 Å². The predicted molar refractivity (Wildman–Crippen MR) is 160 cm³/mol. The van der Waals surface area contributed by atoms with E-state index in [1.165, 1.54) is 74.7 Å².